The van der Waals surface area contributed by atoms with Crippen molar-refractivity contribution in [2.75, 3.05) is 19.6 Å². The Balaban J connectivity index is 1.87. The lowest BCUT2D eigenvalue weighted by molar-refractivity contribution is -0.000267. The first-order chi connectivity index (χ1) is 9.35. The normalized spacial score (nSPS) is 21.0. The average Bonchev–Trinajstić information content (AvgIpc) is 2.79. The van der Waals surface area contributed by atoms with Gasteiger partial charge >= 0.3 is 6.09 Å². The summed E-state index contributed by atoms with van der Waals surface area (Å²) in [5, 5.41) is 3.70. The highest BCUT2D eigenvalue weighted by molar-refractivity contribution is 5.68. The molecule has 1 aliphatic rings. The van der Waals surface area contributed by atoms with Gasteiger partial charge in [0, 0.05) is 31.7 Å². The van der Waals surface area contributed by atoms with Crippen LogP contribution in [0, 0.1) is 0 Å². The average molecular weight is 281 g/mol. The Morgan fingerprint density at radius 2 is 2.25 bits per heavy atom. The second kappa shape index (κ2) is 5.83. The van der Waals surface area contributed by atoms with Gasteiger partial charge in [-0.3, -0.25) is 4.90 Å². The fourth-order valence-electron chi connectivity index (χ4n) is 2.31. The van der Waals surface area contributed by atoms with E-state index >= 15 is 0 Å². The molecule has 0 bridgehead atoms. The number of ether oxygens (including phenoxy) is 1. The van der Waals surface area contributed by atoms with E-state index in [1.54, 1.807) is 11.1 Å². The summed E-state index contributed by atoms with van der Waals surface area (Å²) in [7, 11) is 0. The van der Waals surface area contributed by atoms with Gasteiger partial charge in [0.1, 0.15) is 5.60 Å². The van der Waals surface area contributed by atoms with Crippen LogP contribution in [-0.2, 0) is 11.3 Å². The van der Waals surface area contributed by atoms with Crippen molar-refractivity contribution in [3.63, 3.8) is 0 Å². The minimum atomic E-state index is -0.451. The summed E-state index contributed by atoms with van der Waals surface area (Å²) in [4.78, 5) is 16.2. The second-order valence-electron chi connectivity index (χ2n) is 6.24. The molecule has 1 atom stereocenters. The molecule has 0 N–H and O–H groups in total. The Hall–Kier alpha value is -1.56. The summed E-state index contributed by atoms with van der Waals surface area (Å²) in [6, 6.07) is 1.99. The first kappa shape index (κ1) is 14.8. The third kappa shape index (κ3) is 3.96. The van der Waals surface area contributed by atoms with Crippen LogP contribution in [0.4, 0.5) is 4.79 Å². The van der Waals surface area contributed by atoms with Gasteiger partial charge in [-0.25, -0.2) is 4.79 Å². The van der Waals surface area contributed by atoms with Crippen molar-refractivity contribution in [1.29, 1.82) is 0 Å². The molecule has 1 aromatic rings. The van der Waals surface area contributed by atoms with Crippen LogP contribution in [0.25, 0.3) is 0 Å². The van der Waals surface area contributed by atoms with Crippen LogP contribution in [0.5, 0.6) is 0 Å². The van der Waals surface area contributed by atoms with Crippen LogP contribution in [0.3, 0.4) is 0 Å². The number of aromatic nitrogens is 1. The van der Waals surface area contributed by atoms with Crippen LogP contribution in [0.1, 0.15) is 33.5 Å². The first-order valence-electron chi connectivity index (χ1n) is 6.97. The molecule has 6 nitrogen and oxygen atoms in total. The largest absolute Gasteiger partial charge is 0.444 e. The molecule has 2 rings (SSSR count). The third-order valence-electron chi connectivity index (χ3n) is 3.21. The number of amides is 1. The van der Waals surface area contributed by atoms with E-state index in [2.05, 4.69) is 10.1 Å². The Morgan fingerprint density at radius 3 is 2.80 bits per heavy atom. The molecule has 1 saturated heterocycles. The van der Waals surface area contributed by atoms with E-state index < -0.39 is 5.60 Å². The highest BCUT2D eigenvalue weighted by atomic mass is 16.6. The number of piperazine rings is 1. The molecule has 1 aromatic heterocycles. The Morgan fingerprint density at radius 1 is 1.50 bits per heavy atom. The molecule has 0 saturated carbocycles. The van der Waals surface area contributed by atoms with Crippen molar-refractivity contribution >= 4 is 6.09 Å². The number of carbonyl (C=O) groups excluding carboxylic acids is 1. The Kier molecular flexibility index (Phi) is 4.32. The number of rotatable bonds is 2. The van der Waals surface area contributed by atoms with Crippen LogP contribution < -0.4 is 0 Å². The van der Waals surface area contributed by atoms with E-state index in [1.165, 1.54) is 0 Å². The second-order valence-corrected chi connectivity index (χ2v) is 6.24. The van der Waals surface area contributed by atoms with Crippen LogP contribution >= 0.6 is 0 Å². The third-order valence-corrected chi connectivity index (χ3v) is 3.21. The van der Waals surface area contributed by atoms with E-state index in [4.69, 9.17) is 9.26 Å². The molecule has 0 aromatic carbocycles. The maximum Gasteiger partial charge on any atom is 0.410 e. The van der Waals surface area contributed by atoms with Gasteiger partial charge in [-0.2, -0.15) is 0 Å². The van der Waals surface area contributed by atoms with Crippen molar-refractivity contribution in [3.8, 4) is 0 Å². The number of nitrogens with zero attached hydrogens (tertiary/aromatic N) is 3. The molecule has 20 heavy (non-hydrogen) atoms. The first-order valence-corrected chi connectivity index (χ1v) is 6.97. The molecule has 0 unspecified atom stereocenters. The van der Waals surface area contributed by atoms with Crippen molar-refractivity contribution < 1.29 is 14.1 Å². The van der Waals surface area contributed by atoms with Crippen molar-refractivity contribution in [1.82, 2.24) is 15.0 Å². The van der Waals surface area contributed by atoms with Gasteiger partial charge in [0.25, 0.3) is 0 Å². The van der Waals surface area contributed by atoms with Gasteiger partial charge in [-0.15, -0.1) is 0 Å². The number of carbonyl (C=O) groups is 1. The monoisotopic (exact) mass is 281 g/mol. The van der Waals surface area contributed by atoms with Crippen molar-refractivity contribution in [3.05, 3.63) is 18.0 Å². The fraction of sp³-hybridized carbons (Fsp3) is 0.714. The zero-order valence-corrected chi connectivity index (χ0v) is 12.6. The van der Waals surface area contributed by atoms with Gasteiger partial charge in [-0.1, -0.05) is 5.16 Å². The Labute approximate surface area is 119 Å². The van der Waals surface area contributed by atoms with E-state index in [1.807, 2.05) is 33.8 Å². The molecule has 1 aliphatic heterocycles. The van der Waals surface area contributed by atoms with E-state index in [0.717, 1.165) is 25.4 Å². The lowest BCUT2D eigenvalue weighted by Gasteiger charge is -2.39. The zero-order valence-electron chi connectivity index (χ0n) is 12.6. The number of hydrogen-bond donors (Lipinski definition) is 0. The van der Waals surface area contributed by atoms with E-state index in [-0.39, 0.29) is 12.1 Å². The summed E-state index contributed by atoms with van der Waals surface area (Å²) >= 11 is 0. The summed E-state index contributed by atoms with van der Waals surface area (Å²) in [6.07, 6.45) is 1.42. The lowest BCUT2D eigenvalue weighted by atomic mass is 10.2. The summed E-state index contributed by atoms with van der Waals surface area (Å²) in [5.74, 6) is 0.850. The Bertz CT molecular complexity index is 439. The predicted octanol–water partition coefficient (Wildman–Crippen LogP) is 2.12. The van der Waals surface area contributed by atoms with Crippen LogP contribution in [0.15, 0.2) is 16.8 Å². The zero-order chi connectivity index (χ0) is 14.8. The molecule has 0 aliphatic carbocycles. The van der Waals surface area contributed by atoms with Crippen molar-refractivity contribution in [2.45, 2.75) is 45.9 Å². The number of hydrogen-bond acceptors (Lipinski definition) is 5. The predicted molar refractivity (Wildman–Crippen MR) is 74.2 cm³/mol. The van der Waals surface area contributed by atoms with Crippen LogP contribution in [0.2, 0.25) is 0 Å². The van der Waals surface area contributed by atoms with Gasteiger partial charge in [0.05, 0.1) is 12.7 Å². The molecule has 2 heterocycles. The highest BCUT2D eigenvalue weighted by Gasteiger charge is 2.30. The standard InChI is InChI=1S/C14H23N3O3/c1-11-9-16(10-12-5-6-15-20-12)7-8-17(11)13(18)19-14(2,3)4/h5-6,11H,7-10H2,1-4H3/t11-/m0/s1. The minimum Gasteiger partial charge on any atom is -0.444 e. The molecule has 6 heteroatoms. The molecule has 1 fully saturated rings. The SMILES string of the molecule is C[C@H]1CN(Cc2ccno2)CCN1C(=O)OC(C)(C)C. The quantitative estimate of drug-likeness (QED) is 0.831. The maximum atomic E-state index is 12.1. The van der Waals surface area contributed by atoms with Gasteiger partial charge in [0.15, 0.2) is 5.76 Å². The van der Waals surface area contributed by atoms with Gasteiger partial charge < -0.3 is 14.2 Å². The van der Waals surface area contributed by atoms with Gasteiger partial charge in [-0.05, 0) is 27.7 Å². The minimum absolute atomic E-state index is 0.126. The van der Waals surface area contributed by atoms with E-state index in [0.29, 0.717) is 6.54 Å². The molecular weight excluding hydrogens is 258 g/mol. The fourth-order valence-corrected chi connectivity index (χ4v) is 2.31. The molecular formula is C14H23N3O3. The topological polar surface area (TPSA) is 58.8 Å². The molecule has 112 valence electrons. The maximum absolute atomic E-state index is 12.1. The molecule has 0 spiro atoms. The molecule has 1 amide bonds. The summed E-state index contributed by atoms with van der Waals surface area (Å²) in [5.41, 5.74) is -0.451. The van der Waals surface area contributed by atoms with Gasteiger partial charge in [0.2, 0.25) is 0 Å². The molecule has 0 radical (unpaired) electrons. The summed E-state index contributed by atoms with van der Waals surface area (Å²) < 4.78 is 10.5. The lowest BCUT2D eigenvalue weighted by Crippen LogP contribution is -2.54. The van der Waals surface area contributed by atoms with E-state index in [9.17, 15) is 4.79 Å². The smallest absolute Gasteiger partial charge is 0.410 e. The highest BCUT2D eigenvalue weighted by Crippen LogP contribution is 2.17. The summed E-state index contributed by atoms with van der Waals surface area (Å²) in [6.45, 7) is 10.7. The van der Waals surface area contributed by atoms with Crippen molar-refractivity contribution in [2.24, 2.45) is 0 Å². The van der Waals surface area contributed by atoms with Crippen LogP contribution in [-0.4, -0.2) is 52.3 Å².